The Bertz CT molecular complexity index is 1060. The lowest BCUT2D eigenvalue weighted by molar-refractivity contribution is -0.270. The number of ether oxygens (including phenoxy) is 5. The summed E-state index contributed by atoms with van der Waals surface area (Å²) in [5.41, 5.74) is 4.09. The van der Waals surface area contributed by atoms with Crippen LogP contribution in [-0.4, -0.2) is 66.0 Å². The normalized spacial score (nSPS) is 25.0. The van der Waals surface area contributed by atoms with Gasteiger partial charge in [-0.2, -0.15) is 0 Å². The van der Waals surface area contributed by atoms with Gasteiger partial charge in [0, 0.05) is 45.8 Å². The highest BCUT2D eigenvalue weighted by atomic mass is 16.7. The summed E-state index contributed by atoms with van der Waals surface area (Å²) in [6.07, 6.45) is -2.36. The number of hydrogen-bond donors (Lipinski definition) is 0. The monoisotopic (exact) mass is 516 g/mol. The molecule has 0 amide bonds. The van der Waals surface area contributed by atoms with Crippen molar-refractivity contribution in [1.82, 2.24) is 4.90 Å². The fourth-order valence-electron chi connectivity index (χ4n) is 4.58. The van der Waals surface area contributed by atoms with Crippen LogP contribution in [0.2, 0.25) is 0 Å². The molecule has 0 aliphatic carbocycles. The smallest absolute Gasteiger partial charge is 0.303 e. The van der Waals surface area contributed by atoms with Gasteiger partial charge in [-0.05, 0) is 31.9 Å². The predicted octanol–water partition coefficient (Wildman–Crippen LogP) is 2.28. The van der Waals surface area contributed by atoms with Crippen molar-refractivity contribution in [3.05, 3.63) is 47.9 Å². The number of nitrogens with zero attached hydrogens (tertiary/aromatic N) is 2. The molecule has 2 aliphatic heterocycles. The molecule has 0 N–H and O–H groups in total. The molecule has 1 aromatic rings. The van der Waals surface area contributed by atoms with Crippen LogP contribution in [0, 0.1) is 27.4 Å². The molecule has 11 nitrogen and oxygen atoms in total. The molecule has 0 bridgehead atoms. The molecule has 11 heteroatoms. The summed E-state index contributed by atoms with van der Waals surface area (Å²) in [5.74, 6) is -2.62. The van der Waals surface area contributed by atoms with Crippen molar-refractivity contribution >= 4 is 29.6 Å². The van der Waals surface area contributed by atoms with Gasteiger partial charge in [0.2, 0.25) is 6.67 Å². The summed E-state index contributed by atoms with van der Waals surface area (Å²) in [6.45, 7) is 13.7. The van der Waals surface area contributed by atoms with E-state index in [0.29, 0.717) is 0 Å². The fourth-order valence-corrected chi connectivity index (χ4v) is 4.58. The number of rotatable bonds is 7. The summed E-state index contributed by atoms with van der Waals surface area (Å²) >= 11 is 0. The Labute approximate surface area is 216 Å². The van der Waals surface area contributed by atoms with E-state index in [1.165, 1.54) is 32.6 Å². The molecule has 1 saturated heterocycles. The van der Waals surface area contributed by atoms with Gasteiger partial charge in [-0.3, -0.25) is 19.2 Å². The van der Waals surface area contributed by atoms with Crippen LogP contribution in [0.1, 0.15) is 44.4 Å². The zero-order valence-corrected chi connectivity index (χ0v) is 22.0. The van der Waals surface area contributed by atoms with Gasteiger partial charge in [0.1, 0.15) is 12.7 Å². The largest absolute Gasteiger partial charge is 0.463 e. The number of aryl methyl sites for hydroxylation is 3. The van der Waals surface area contributed by atoms with E-state index in [9.17, 15) is 19.2 Å². The lowest BCUT2D eigenvalue weighted by atomic mass is 9.96. The van der Waals surface area contributed by atoms with E-state index in [4.69, 9.17) is 23.7 Å². The first-order valence-electron chi connectivity index (χ1n) is 11.8. The quantitative estimate of drug-likeness (QED) is 0.392. The molecular formula is C26H32N2O9. The molecule has 37 heavy (non-hydrogen) atoms. The van der Waals surface area contributed by atoms with Crippen LogP contribution in [0.4, 0.5) is 5.69 Å². The third kappa shape index (κ3) is 6.79. The Kier molecular flexibility index (Phi) is 8.80. The Hall–Kier alpha value is -3.60. The van der Waals surface area contributed by atoms with Gasteiger partial charge in [-0.25, -0.2) is 0 Å². The summed E-state index contributed by atoms with van der Waals surface area (Å²) in [4.78, 5) is 50.9. The van der Waals surface area contributed by atoms with Gasteiger partial charge in [0.25, 0.3) is 0 Å². The van der Waals surface area contributed by atoms with Crippen molar-refractivity contribution in [2.24, 2.45) is 0 Å². The molecule has 2 radical (unpaired) electrons. The molecule has 1 fully saturated rings. The number of benzene rings is 1. The van der Waals surface area contributed by atoms with E-state index in [1.54, 1.807) is 17.3 Å². The van der Waals surface area contributed by atoms with Crippen LogP contribution >= 0.6 is 0 Å². The predicted molar refractivity (Wildman–Crippen MR) is 129 cm³/mol. The first-order chi connectivity index (χ1) is 17.4. The maximum Gasteiger partial charge on any atom is 0.303 e. The van der Waals surface area contributed by atoms with Crippen LogP contribution in [-0.2, 0) is 42.9 Å². The van der Waals surface area contributed by atoms with E-state index in [0.717, 1.165) is 22.4 Å². The van der Waals surface area contributed by atoms with Crippen molar-refractivity contribution in [2.75, 3.05) is 11.5 Å². The van der Waals surface area contributed by atoms with Gasteiger partial charge in [-0.15, -0.1) is 0 Å². The molecule has 2 aliphatic rings. The second kappa shape index (κ2) is 11.6. The highest BCUT2D eigenvalue weighted by Crippen LogP contribution is 2.36. The number of carbonyl (C=O) groups is 4. The lowest BCUT2D eigenvalue weighted by Gasteiger charge is -2.46. The molecule has 3 rings (SSSR count). The third-order valence-electron chi connectivity index (χ3n) is 5.72. The Morgan fingerprint density at radius 3 is 1.89 bits per heavy atom. The van der Waals surface area contributed by atoms with Gasteiger partial charge in [-0.1, -0.05) is 17.7 Å². The van der Waals surface area contributed by atoms with Crippen molar-refractivity contribution < 1.29 is 42.9 Å². The standard InChI is InChI=1S/C26H32N2O9/c1-14-10-15(2)22(16(3)11-14)27-8-9-28(13-27)26-25(36-20(7)32)24(35-19(6)31)23(34-18(5)30)21(37-26)12-33-17(4)29/h8-11,21,23-26H,12H2,1-7H3/t21-,23-,24+,25-,26-/m1/s1. The van der Waals surface area contributed by atoms with E-state index >= 15 is 0 Å². The van der Waals surface area contributed by atoms with E-state index < -0.39 is 54.5 Å². The van der Waals surface area contributed by atoms with E-state index in [1.807, 2.05) is 20.8 Å². The average molecular weight is 517 g/mol. The van der Waals surface area contributed by atoms with Gasteiger partial charge >= 0.3 is 23.9 Å². The van der Waals surface area contributed by atoms with Gasteiger partial charge in [0.15, 0.2) is 24.5 Å². The van der Waals surface area contributed by atoms with E-state index in [-0.39, 0.29) is 6.61 Å². The molecular weight excluding hydrogens is 484 g/mol. The molecule has 200 valence electrons. The number of hydrogen-bond acceptors (Lipinski definition) is 11. The van der Waals surface area contributed by atoms with E-state index in [2.05, 4.69) is 18.8 Å². The van der Waals surface area contributed by atoms with Crippen LogP contribution in [0.3, 0.4) is 0 Å². The summed E-state index contributed by atoms with van der Waals surface area (Å²) in [5, 5.41) is 0. The van der Waals surface area contributed by atoms with Gasteiger partial charge < -0.3 is 33.5 Å². The molecule has 1 aromatic carbocycles. The summed E-state index contributed by atoms with van der Waals surface area (Å²) in [6, 6.07) is 4.10. The Morgan fingerprint density at radius 1 is 0.811 bits per heavy atom. The maximum atomic E-state index is 12.1. The average Bonchev–Trinajstić information content (AvgIpc) is 3.22. The first-order valence-corrected chi connectivity index (χ1v) is 11.8. The first kappa shape index (κ1) is 28.0. The molecule has 0 spiro atoms. The topological polar surface area (TPSA) is 121 Å². The SMILES string of the molecule is CC(=O)OC[C@H]1O[C@@H](N2[C]N(c3c(C)cc(C)cc3C)C=C2)[C@H](OC(C)=O)[C@@H](OC(C)=O)[C@@H]1OC(C)=O. The second-order valence-corrected chi connectivity index (χ2v) is 9.01. The summed E-state index contributed by atoms with van der Waals surface area (Å²) < 4.78 is 27.8. The molecule has 2 heterocycles. The van der Waals surface area contributed by atoms with Crippen LogP contribution in [0.5, 0.6) is 0 Å². The zero-order valence-electron chi connectivity index (χ0n) is 22.0. The summed E-state index contributed by atoms with van der Waals surface area (Å²) in [7, 11) is 0. The van der Waals surface area contributed by atoms with Crippen LogP contribution in [0.25, 0.3) is 0 Å². The fraction of sp³-hybridized carbons (Fsp3) is 0.500. The molecule has 0 unspecified atom stereocenters. The molecule has 0 aromatic heterocycles. The Morgan fingerprint density at radius 2 is 1.35 bits per heavy atom. The highest BCUT2D eigenvalue weighted by molar-refractivity contribution is 5.69. The molecule has 5 atom stereocenters. The van der Waals surface area contributed by atoms with Crippen molar-refractivity contribution in [3.8, 4) is 0 Å². The highest BCUT2D eigenvalue weighted by Gasteiger charge is 2.54. The van der Waals surface area contributed by atoms with Crippen LogP contribution in [0.15, 0.2) is 24.5 Å². The molecule has 0 saturated carbocycles. The lowest BCUT2D eigenvalue weighted by Crippen LogP contribution is -2.65. The van der Waals surface area contributed by atoms with Crippen LogP contribution < -0.4 is 4.90 Å². The minimum absolute atomic E-state index is 0.300. The van der Waals surface area contributed by atoms with Crippen molar-refractivity contribution in [1.29, 1.82) is 0 Å². The van der Waals surface area contributed by atoms with Crippen molar-refractivity contribution in [2.45, 2.75) is 79.1 Å². The minimum atomic E-state index is -1.25. The Balaban J connectivity index is 1.98. The minimum Gasteiger partial charge on any atom is -0.463 e. The van der Waals surface area contributed by atoms with Crippen molar-refractivity contribution in [3.63, 3.8) is 0 Å². The zero-order chi connectivity index (χ0) is 27.4. The van der Waals surface area contributed by atoms with Gasteiger partial charge in [0.05, 0.1) is 0 Å². The number of anilines is 1. The third-order valence-corrected chi connectivity index (χ3v) is 5.72. The maximum absolute atomic E-state index is 12.1. The number of esters is 4. The number of carbonyl (C=O) groups excluding carboxylic acids is 4. The second-order valence-electron chi connectivity index (χ2n) is 9.01.